The second-order valence-electron chi connectivity index (χ2n) is 4.21. The first-order chi connectivity index (χ1) is 8.06. The van der Waals surface area contributed by atoms with Gasteiger partial charge in [-0.15, -0.1) is 5.10 Å². The molecule has 0 atom stereocenters. The van der Waals surface area contributed by atoms with Crippen molar-refractivity contribution >= 4 is 15.9 Å². The summed E-state index contributed by atoms with van der Waals surface area (Å²) in [6.07, 6.45) is 0. The maximum atomic E-state index is 5.69. The Morgan fingerprint density at radius 1 is 1.35 bits per heavy atom. The van der Waals surface area contributed by atoms with Crippen molar-refractivity contribution in [3.63, 3.8) is 0 Å². The van der Waals surface area contributed by atoms with Crippen LogP contribution in [0.15, 0.2) is 22.9 Å². The topological polar surface area (TPSA) is 50.8 Å². The van der Waals surface area contributed by atoms with Gasteiger partial charge < -0.3 is 4.74 Å². The number of nitrogens with one attached hydrogen (secondary N) is 1. The van der Waals surface area contributed by atoms with Crippen LogP contribution in [-0.4, -0.2) is 15.2 Å². The van der Waals surface area contributed by atoms with Gasteiger partial charge in [0.15, 0.2) is 4.73 Å². The second-order valence-corrected chi connectivity index (χ2v) is 4.96. The Morgan fingerprint density at radius 3 is 2.71 bits per heavy atom. The zero-order valence-electron chi connectivity index (χ0n) is 9.99. The van der Waals surface area contributed by atoms with Crippen LogP contribution in [0.25, 0.3) is 0 Å². The Bertz CT molecular complexity index is 522. The molecule has 17 heavy (non-hydrogen) atoms. The molecule has 2 rings (SSSR count). The molecular weight excluding hydrogens is 282 g/mol. The third-order valence-corrected chi connectivity index (χ3v) is 2.78. The highest BCUT2D eigenvalue weighted by Gasteiger charge is 2.11. The summed E-state index contributed by atoms with van der Waals surface area (Å²) in [6.45, 7) is 6.29. The third-order valence-electron chi connectivity index (χ3n) is 2.43. The van der Waals surface area contributed by atoms with Crippen LogP contribution in [-0.2, 0) is 0 Å². The van der Waals surface area contributed by atoms with Crippen molar-refractivity contribution in [3.05, 3.63) is 34.1 Å². The number of hydrogen-bond donors (Lipinski definition) is 1. The molecule has 0 saturated heterocycles. The molecule has 90 valence electrons. The number of rotatable bonds is 3. The lowest BCUT2D eigenvalue weighted by atomic mass is 10.0. The number of H-pyrrole nitrogens is 1. The van der Waals surface area contributed by atoms with E-state index in [0.717, 1.165) is 16.9 Å². The summed E-state index contributed by atoms with van der Waals surface area (Å²) >= 11 is 3.20. The largest absolute Gasteiger partial charge is 0.423 e. The lowest BCUT2D eigenvalue weighted by Crippen LogP contribution is -1.95. The van der Waals surface area contributed by atoms with Crippen LogP contribution in [0, 0.1) is 6.92 Å². The Hall–Kier alpha value is -1.36. The van der Waals surface area contributed by atoms with Crippen LogP contribution < -0.4 is 4.74 Å². The van der Waals surface area contributed by atoms with Crippen molar-refractivity contribution in [1.82, 2.24) is 15.2 Å². The third kappa shape index (κ3) is 2.85. The van der Waals surface area contributed by atoms with Gasteiger partial charge in [-0.25, -0.2) is 0 Å². The molecule has 1 aromatic heterocycles. The summed E-state index contributed by atoms with van der Waals surface area (Å²) in [7, 11) is 0. The summed E-state index contributed by atoms with van der Waals surface area (Å²) in [5, 5.41) is 6.62. The highest BCUT2D eigenvalue weighted by molar-refractivity contribution is 9.10. The number of halogens is 1. The van der Waals surface area contributed by atoms with Gasteiger partial charge in [0.25, 0.3) is 0 Å². The molecule has 2 aromatic rings. The van der Waals surface area contributed by atoms with Crippen molar-refractivity contribution in [2.45, 2.75) is 26.7 Å². The summed E-state index contributed by atoms with van der Waals surface area (Å²) in [6, 6.07) is 6.48. The van der Waals surface area contributed by atoms with Gasteiger partial charge in [0.1, 0.15) is 5.75 Å². The average Bonchev–Trinajstić information content (AvgIpc) is 2.63. The Balaban J connectivity index is 2.33. The number of aromatic nitrogens is 3. The van der Waals surface area contributed by atoms with E-state index in [1.165, 1.54) is 0 Å². The lowest BCUT2D eigenvalue weighted by Gasteiger charge is -2.12. The quantitative estimate of drug-likeness (QED) is 0.937. The van der Waals surface area contributed by atoms with E-state index in [1.807, 2.05) is 13.0 Å². The van der Waals surface area contributed by atoms with Gasteiger partial charge in [-0.1, -0.05) is 26.0 Å². The van der Waals surface area contributed by atoms with Gasteiger partial charge in [-0.2, -0.15) is 4.98 Å². The van der Waals surface area contributed by atoms with Gasteiger partial charge in [0, 0.05) is 0 Å². The fourth-order valence-corrected chi connectivity index (χ4v) is 1.82. The van der Waals surface area contributed by atoms with Gasteiger partial charge in [0.05, 0.1) is 0 Å². The number of hydrogen-bond acceptors (Lipinski definition) is 3. The van der Waals surface area contributed by atoms with E-state index in [2.05, 4.69) is 57.1 Å². The molecule has 0 saturated carbocycles. The zero-order valence-corrected chi connectivity index (χ0v) is 11.6. The van der Waals surface area contributed by atoms with Crippen LogP contribution in [0.1, 0.15) is 30.9 Å². The number of nitrogens with zero attached hydrogens (tertiary/aromatic N) is 2. The van der Waals surface area contributed by atoms with E-state index in [0.29, 0.717) is 16.7 Å². The first-order valence-electron chi connectivity index (χ1n) is 5.42. The molecule has 1 aromatic carbocycles. The van der Waals surface area contributed by atoms with E-state index in [-0.39, 0.29) is 0 Å². The van der Waals surface area contributed by atoms with E-state index in [1.54, 1.807) is 0 Å². The summed E-state index contributed by atoms with van der Waals surface area (Å²) in [5.74, 6) is 1.21. The molecule has 0 aliphatic carbocycles. The van der Waals surface area contributed by atoms with Gasteiger partial charge >= 0.3 is 6.01 Å². The molecule has 0 aliphatic rings. The average molecular weight is 296 g/mol. The Labute approximate surface area is 109 Å². The molecule has 0 fully saturated rings. The Morgan fingerprint density at radius 2 is 2.12 bits per heavy atom. The molecule has 5 heteroatoms. The standard InChI is InChI=1S/C12H14BrN3O/c1-7(2)9-5-4-8(3)6-10(9)17-12-14-11(13)15-16-12/h4-7H,1-3H3,(H,14,15,16). The van der Waals surface area contributed by atoms with Gasteiger partial charge in [-0.3, -0.25) is 5.10 Å². The molecular formula is C12H14BrN3O. The minimum absolute atomic E-state index is 0.323. The monoisotopic (exact) mass is 295 g/mol. The predicted molar refractivity (Wildman–Crippen MR) is 69.4 cm³/mol. The van der Waals surface area contributed by atoms with Gasteiger partial charge in [-0.05, 0) is 46.0 Å². The molecule has 1 heterocycles. The minimum Gasteiger partial charge on any atom is -0.423 e. The molecule has 0 unspecified atom stereocenters. The molecule has 4 nitrogen and oxygen atoms in total. The highest BCUT2D eigenvalue weighted by atomic mass is 79.9. The summed E-state index contributed by atoms with van der Waals surface area (Å²) in [4.78, 5) is 4.06. The minimum atomic E-state index is 0.323. The van der Waals surface area contributed by atoms with Crippen LogP contribution in [0.2, 0.25) is 0 Å². The fraction of sp³-hybridized carbons (Fsp3) is 0.333. The maximum Gasteiger partial charge on any atom is 0.341 e. The molecule has 0 amide bonds. The van der Waals surface area contributed by atoms with Crippen molar-refractivity contribution < 1.29 is 4.74 Å². The first-order valence-corrected chi connectivity index (χ1v) is 6.22. The molecule has 0 bridgehead atoms. The number of ether oxygens (including phenoxy) is 1. The number of aromatic amines is 1. The van der Waals surface area contributed by atoms with Crippen molar-refractivity contribution in [1.29, 1.82) is 0 Å². The number of aryl methyl sites for hydroxylation is 1. The van der Waals surface area contributed by atoms with Crippen LogP contribution >= 0.6 is 15.9 Å². The van der Waals surface area contributed by atoms with E-state index < -0.39 is 0 Å². The van der Waals surface area contributed by atoms with E-state index in [4.69, 9.17) is 4.74 Å². The van der Waals surface area contributed by atoms with Crippen LogP contribution in [0.3, 0.4) is 0 Å². The molecule has 0 aliphatic heterocycles. The highest BCUT2D eigenvalue weighted by Crippen LogP contribution is 2.30. The number of benzene rings is 1. The molecule has 0 radical (unpaired) electrons. The van der Waals surface area contributed by atoms with Crippen molar-refractivity contribution in [3.8, 4) is 11.8 Å². The predicted octanol–water partition coefficient (Wildman–Crippen LogP) is 3.79. The van der Waals surface area contributed by atoms with E-state index in [9.17, 15) is 0 Å². The Kier molecular flexibility index (Phi) is 3.47. The lowest BCUT2D eigenvalue weighted by molar-refractivity contribution is 0.436. The normalized spacial score (nSPS) is 10.9. The maximum absolute atomic E-state index is 5.69. The first kappa shape index (κ1) is 12.1. The smallest absolute Gasteiger partial charge is 0.341 e. The summed E-state index contributed by atoms with van der Waals surface area (Å²) < 4.78 is 6.25. The van der Waals surface area contributed by atoms with Gasteiger partial charge in [0.2, 0.25) is 0 Å². The fourth-order valence-electron chi connectivity index (χ4n) is 1.58. The molecule has 0 spiro atoms. The van der Waals surface area contributed by atoms with Crippen LogP contribution in [0.5, 0.6) is 11.8 Å². The second kappa shape index (κ2) is 4.87. The van der Waals surface area contributed by atoms with Crippen molar-refractivity contribution in [2.75, 3.05) is 0 Å². The van der Waals surface area contributed by atoms with Crippen molar-refractivity contribution in [2.24, 2.45) is 0 Å². The molecule has 1 N–H and O–H groups in total. The summed E-state index contributed by atoms with van der Waals surface area (Å²) in [5.41, 5.74) is 2.30. The van der Waals surface area contributed by atoms with Crippen LogP contribution in [0.4, 0.5) is 0 Å². The zero-order chi connectivity index (χ0) is 12.4. The van der Waals surface area contributed by atoms with E-state index >= 15 is 0 Å². The SMILES string of the molecule is Cc1ccc(C(C)C)c(Oc2n[nH]c(Br)n2)c1.